The number of hydroxylamine groups is 2. The number of hydrogen-bond donors (Lipinski definition) is 0. The lowest BCUT2D eigenvalue weighted by Gasteiger charge is -2.12. The molecule has 0 N–H and O–H groups in total. The van der Waals surface area contributed by atoms with Crippen LogP contribution in [0.1, 0.15) is 28.8 Å². The fourth-order valence-electron chi connectivity index (χ4n) is 1.82. The van der Waals surface area contributed by atoms with Crippen molar-refractivity contribution in [2.45, 2.75) is 19.3 Å². The molecule has 1 aliphatic rings. The maximum atomic E-state index is 11.8. The van der Waals surface area contributed by atoms with Gasteiger partial charge in [-0.2, -0.15) is 0 Å². The van der Waals surface area contributed by atoms with Crippen molar-refractivity contribution in [2.24, 2.45) is 5.11 Å². The standard InChI is InChI=1S/C13H12N4O4/c14-16-15-8-7-9-1-3-10(4-2-9)13(20)21-17-11(18)5-6-12(17)19/h1-4H,5-8H2. The topological polar surface area (TPSA) is 112 Å². The first kappa shape index (κ1) is 14.5. The molecule has 21 heavy (non-hydrogen) atoms. The number of azide groups is 1. The van der Waals surface area contributed by atoms with Gasteiger partial charge in [0.25, 0.3) is 11.8 Å². The lowest BCUT2D eigenvalue weighted by molar-refractivity contribution is -0.172. The van der Waals surface area contributed by atoms with E-state index in [2.05, 4.69) is 10.0 Å². The van der Waals surface area contributed by atoms with E-state index < -0.39 is 17.8 Å². The van der Waals surface area contributed by atoms with Crippen LogP contribution in [0.25, 0.3) is 10.4 Å². The molecule has 0 atom stereocenters. The molecule has 0 spiro atoms. The van der Waals surface area contributed by atoms with E-state index in [9.17, 15) is 14.4 Å². The van der Waals surface area contributed by atoms with Crippen LogP contribution >= 0.6 is 0 Å². The maximum absolute atomic E-state index is 11.8. The van der Waals surface area contributed by atoms with E-state index >= 15 is 0 Å². The molecule has 8 nitrogen and oxygen atoms in total. The van der Waals surface area contributed by atoms with Crippen molar-refractivity contribution in [3.63, 3.8) is 0 Å². The Morgan fingerprint density at radius 3 is 2.43 bits per heavy atom. The van der Waals surface area contributed by atoms with Crippen LogP contribution in [-0.4, -0.2) is 29.4 Å². The van der Waals surface area contributed by atoms with Crippen LogP contribution in [0.3, 0.4) is 0 Å². The monoisotopic (exact) mass is 288 g/mol. The van der Waals surface area contributed by atoms with Crippen molar-refractivity contribution in [3.8, 4) is 0 Å². The number of rotatable bonds is 5. The van der Waals surface area contributed by atoms with Crippen LogP contribution in [0.4, 0.5) is 0 Å². The largest absolute Gasteiger partial charge is 0.363 e. The molecule has 0 aliphatic carbocycles. The quantitative estimate of drug-likeness (QED) is 0.355. The van der Waals surface area contributed by atoms with Gasteiger partial charge in [0.1, 0.15) is 0 Å². The molecule has 0 aromatic heterocycles. The molecule has 0 unspecified atom stereocenters. The van der Waals surface area contributed by atoms with Gasteiger partial charge in [0.15, 0.2) is 0 Å². The van der Waals surface area contributed by atoms with E-state index in [0.29, 0.717) is 18.0 Å². The zero-order valence-electron chi connectivity index (χ0n) is 11.1. The average molecular weight is 288 g/mol. The highest BCUT2D eigenvalue weighted by Gasteiger charge is 2.33. The highest BCUT2D eigenvalue weighted by molar-refractivity contribution is 6.02. The second kappa shape index (κ2) is 6.53. The summed E-state index contributed by atoms with van der Waals surface area (Å²) < 4.78 is 0. The van der Waals surface area contributed by atoms with Gasteiger partial charge in [-0.15, -0.1) is 5.06 Å². The van der Waals surface area contributed by atoms with Crippen LogP contribution in [0, 0.1) is 0 Å². The van der Waals surface area contributed by atoms with E-state index in [4.69, 9.17) is 10.4 Å². The third-order valence-electron chi connectivity index (χ3n) is 2.93. The molecule has 1 aromatic rings. The van der Waals surface area contributed by atoms with E-state index in [0.717, 1.165) is 5.56 Å². The van der Waals surface area contributed by atoms with Crippen LogP contribution in [-0.2, 0) is 20.8 Å². The minimum Gasteiger partial charge on any atom is -0.325 e. The Morgan fingerprint density at radius 1 is 1.24 bits per heavy atom. The summed E-state index contributed by atoms with van der Waals surface area (Å²) >= 11 is 0. The van der Waals surface area contributed by atoms with Gasteiger partial charge in [0.05, 0.1) is 5.56 Å². The highest BCUT2D eigenvalue weighted by atomic mass is 16.7. The van der Waals surface area contributed by atoms with E-state index in [1.54, 1.807) is 12.1 Å². The van der Waals surface area contributed by atoms with Crippen LogP contribution in [0.15, 0.2) is 29.4 Å². The molecular weight excluding hydrogens is 276 g/mol. The van der Waals surface area contributed by atoms with Crippen molar-refractivity contribution >= 4 is 17.8 Å². The van der Waals surface area contributed by atoms with Gasteiger partial charge < -0.3 is 4.84 Å². The molecule has 1 heterocycles. The van der Waals surface area contributed by atoms with Gasteiger partial charge in [-0.3, -0.25) is 9.59 Å². The van der Waals surface area contributed by atoms with Crippen molar-refractivity contribution in [3.05, 3.63) is 45.8 Å². The molecule has 1 aromatic carbocycles. The smallest absolute Gasteiger partial charge is 0.325 e. The summed E-state index contributed by atoms with van der Waals surface area (Å²) in [4.78, 5) is 41.9. The number of carbonyl (C=O) groups excluding carboxylic acids is 3. The fourth-order valence-corrected chi connectivity index (χ4v) is 1.82. The van der Waals surface area contributed by atoms with E-state index in [1.165, 1.54) is 12.1 Å². The predicted octanol–water partition coefficient (Wildman–Crippen LogP) is 1.76. The van der Waals surface area contributed by atoms with Crippen LogP contribution in [0.2, 0.25) is 0 Å². The fraction of sp³-hybridized carbons (Fsp3) is 0.308. The Kier molecular flexibility index (Phi) is 4.53. The van der Waals surface area contributed by atoms with Crippen molar-refractivity contribution in [2.75, 3.05) is 6.54 Å². The van der Waals surface area contributed by atoms with Gasteiger partial charge in [-0.1, -0.05) is 17.2 Å². The van der Waals surface area contributed by atoms with Crippen LogP contribution in [0.5, 0.6) is 0 Å². The Labute approximate surface area is 119 Å². The molecule has 0 bridgehead atoms. The molecule has 1 saturated heterocycles. The summed E-state index contributed by atoms with van der Waals surface area (Å²) in [6.45, 7) is 0.330. The van der Waals surface area contributed by atoms with E-state index in [-0.39, 0.29) is 18.4 Å². The summed E-state index contributed by atoms with van der Waals surface area (Å²) in [5.74, 6) is -1.79. The Balaban J connectivity index is 1.98. The second-order valence-corrected chi connectivity index (χ2v) is 4.36. The first-order valence-electron chi connectivity index (χ1n) is 6.29. The Hall–Kier alpha value is -2.86. The van der Waals surface area contributed by atoms with Gasteiger partial charge in [0.2, 0.25) is 0 Å². The normalized spacial score (nSPS) is 14.0. The summed E-state index contributed by atoms with van der Waals surface area (Å²) in [5.41, 5.74) is 9.30. The lowest BCUT2D eigenvalue weighted by Crippen LogP contribution is -2.32. The summed E-state index contributed by atoms with van der Waals surface area (Å²) in [6.07, 6.45) is 0.678. The lowest BCUT2D eigenvalue weighted by atomic mass is 10.1. The molecular formula is C13H12N4O4. The number of amides is 2. The second-order valence-electron chi connectivity index (χ2n) is 4.36. The molecule has 0 saturated carbocycles. The van der Waals surface area contributed by atoms with Crippen LogP contribution < -0.4 is 0 Å². The molecule has 2 rings (SSSR count). The minimum atomic E-state index is -0.764. The Morgan fingerprint density at radius 2 is 1.86 bits per heavy atom. The van der Waals surface area contributed by atoms with E-state index in [1.807, 2.05) is 0 Å². The first-order chi connectivity index (χ1) is 10.1. The maximum Gasteiger partial charge on any atom is 0.363 e. The number of carbonyl (C=O) groups is 3. The number of hydrogen-bond acceptors (Lipinski definition) is 5. The summed E-state index contributed by atoms with van der Waals surface area (Å²) in [7, 11) is 0. The molecule has 0 radical (unpaired) electrons. The van der Waals surface area contributed by atoms with Crippen molar-refractivity contribution in [1.82, 2.24) is 5.06 Å². The van der Waals surface area contributed by atoms with Crippen molar-refractivity contribution < 1.29 is 19.2 Å². The SMILES string of the molecule is [N-]=[N+]=NCCc1ccc(C(=O)ON2C(=O)CCC2=O)cc1. The molecule has 2 amide bonds. The zero-order valence-corrected chi connectivity index (χ0v) is 11.1. The molecule has 8 heteroatoms. The number of benzene rings is 1. The third kappa shape index (κ3) is 3.58. The molecule has 108 valence electrons. The summed E-state index contributed by atoms with van der Waals surface area (Å²) in [6, 6.07) is 6.44. The molecule has 1 fully saturated rings. The van der Waals surface area contributed by atoms with Gasteiger partial charge in [-0.05, 0) is 29.6 Å². The third-order valence-corrected chi connectivity index (χ3v) is 2.93. The Bertz CT molecular complexity index is 604. The number of imide groups is 1. The molecule has 1 aliphatic heterocycles. The minimum absolute atomic E-state index is 0.0600. The summed E-state index contributed by atoms with van der Waals surface area (Å²) in [5, 5.41) is 3.93. The predicted molar refractivity (Wildman–Crippen MR) is 70.7 cm³/mol. The van der Waals surface area contributed by atoms with Crippen molar-refractivity contribution in [1.29, 1.82) is 0 Å². The zero-order chi connectivity index (χ0) is 15.2. The first-order valence-corrected chi connectivity index (χ1v) is 6.29. The highest BCUT2D eigenvalue weighted by Crippen LogP contribution is 2.14. The van der Waals surface area contributed by atoms with Gasteiger partial charge in [0, 0.05) is 24.3 Å². The average Bonchev–Trinajstić information content (AvgIpc) is 2.80. The van der Waals surface area contributed by atoms with Gasteiger partial charge in [-0.25, -0.2) is 4.79 Å². The number of nitrogens with zero attached hydrogens (tertiary/aromatic N) is 4. The van der Waals surface area contributed by atoms with Gasteiger partial charge >= 0.3 is 5.97 Å².